The van der Waals surface area contributed by atoms with Crippen LogP contribution in [0.3, 0.4) is 0 Å². The third kappa shape index (κ3) is 2.40. The van der Waals surface area contributed by atoms with E-state index in [1.807, 2.05) is 0 Å². The number of nitrogens with zero attached hydrogens (tertiary/aromatic N) is 4. The minimum absolute atomic E-state index is 0.0717. The monoisotopic (exact) mass is 268 g/mol. The molecule has 2 heterocycles. The number of aliphatic hydroxyl groups is 1. The highest BCUT2D eigenvalue weighted by atomic mass is 79.9. The molecular formula is C9H9BrN4O. The van der Waals surface area contributed by atoms with Crippen LogP contribution in [0, 0.1) is 0 Å². The van der Waals surface area contributed by atoms with Crippen LogP contribution in [-0.4, -0.2) is 31.5 Å². The molecule has 0 fully saturated rings. The normalized spacial score (nSPS) is 10.5. The van der Waals surface area contributed by atoms with Gasteiger partial charge in [0.15, 0.2) is 5.82 Å². The molecule has 0 aliphatic rings. The van der Waals surface area contributed by atoms with Crippen molar-refractivity contribution < 1.29 is 5.11 Å². The molecule has 6 heteroatoms. The van der Waals surface area contributed by atoms with Crippen molar-refractivity contribution in [1.82, 2.24) is 19.7 Å². The summed E-state index contributed by atoms with van der Waals surface area (Å²) in [7, 11) is 0. The first-order valence-corrected chi connectivity index (χ1v) is 5.20. The molecule has 0 aromatic carbocycles. The van der Waals surface area contributed by atoms with Gasteiger partial charge in [-0.05, 0) is 15.9 Å². The molecule has 0 saturated heterocycles. The maximum Gasteiger partial charge on any atom is 0.162 e. The van der Waals surface area contributed by atoms with Crippen molar-refractivity contribution in [2.45, 2.75) is 6.54 Å². The van der Waals surface area contributed by atoms with E-state index < -0.39 is 0 Å². The molecule has 2 rings (SSSR count). The van der Waals surface area contributed by atoms with E-state index in [2.05, 4.69) is 31.0 Å². The molecular weight excluding hydrogens is 260 g/mol. The number of halogens is 1. The van der Waals surface area contributed by atoms with Crippen LogP contribution in [0.5, 0.6) is 0 Å². The maximum atomic E-state index is 8.74. The van der Waals surface area contributed by atoms with Crippen LogP contribution in [0.4, 0.5) is 0 Å². The highest BCUT2D eigenvalue weighted by molar-refractivity contribution is 9.10. The zero-order valence-corrected chi connectivity index (χ0v) is 9.42. The fourth-order valence-electron chi connectivity index (χ4n) is 1.17. The highest BCUT2D eigenvalue weighted by Gasteiger charge is 2.03. The molecule has 1 N–H and O–H groups in total. The quantitative estimate of drug-likeness (QED) is 0.906. The van der Waals surface area contributed by atoms with Crippen LogP contribution in [-0.2, 0) is 6.54 Å². The van der Waals surface area contributed by atoms with E-state index in [4.69, 9.17) is 5.11 Å². The van der Waals surface area contributed by atoms with Gasteiger partial charge in [0.25, 0.3) is 0 Å². The lowest BCUT2D eigenvalue weighted by molar-refractivity contribution is 0.269. The minimum atomic E-state index is 0.0717. The first-order valence-electron chi connectivity index (χ1n) is 4.41. The molecule has 0 aliphatic carbocycles. The summed E-state index contributed by atoms with van der Waals surface area (Å²) in [6, 6.07) is 0. The summed E-state index contributed by atoms with van der Waals surface area (Å²) in [5.41, 5.74) is 0.843. The maximum absolute atomic E-state index is 8.74. The van der Waals surface area contributed by atoms with Gasteiger partial charge < -0.3 is 5.11 Å². The van der Waals surface area contributed by atoms with Crippen molar-refractivity contribution in [3.63, 3.8) is 0 Å². The summed E-state index contributed by atoms with van der Waals surface area (Å²) in [6.07, 6.45) is 6.86. The van der Waals surface area contributed by atoms with Crippen LogP contribution in [0.2, 0.25) is 0 Å². The smallest absolute Gasteiger partial charge is 0.162 e. The van der Waals surface area contributed by atoms with E-state index in [0.717, 1.165) is 10.0 Å². The average molecular weight is 269 g/mol. The molecule has 0 amide bonds. The molecule has 0 saturated carbocycles. The Kier molecular flexibility index (Phi) is 3.08. The van der Waals surface area contributed by atoms with Gasteiger partial charge in [0.2, 0.25) is 0 Å². The fourth-order valence-corrected chi connectivity index (χ4v) is 1.37. The Bertz CT molecular complexity index is 440. The van der Waals surface area contributed by atoms with E-state index in [0.29, 0.717) is 12.4 Å². The lowest BCUT2D eigenvalue weighted by Crippen LogP contribution is -2.01. The zero-order valence-electron chi connectivity index (χ0n) is 7.84. The molecule has 2 aromatic heterocycles. The minimum Gasteiger partial charge on any atom is -0.394 e. The van der Waals surface area contributed by atoms with Crippen LogP contribution in [0.25, 0.3) is 11.4 Å². The molecule has 0 aliphatic heterocycles. The second-order valence-electron chi connectivity index (χ2n) is 2.94. The fraction of sp³-hybridized carbons (Fsp3) is 0.222. The molecule has 5 nitrogen and oxygen atoms in total. The average Bonchev–Trinajstić information content (AvgIpc) is 2.68. The summed E-state index contributed by atoms with van der Waals surface area (Å²) in [6.45, 7) is 0.554. The molecule has 0 unspecified atom stereocenters. The van der Waals surface area contributed by atoms with Gasteiger partial charge in [-0.15, -0.1) is 0 Å². The Morgan fingerprint density at radius 1 is 1.27 bits per heavy atom. The van der Waals surface area contributed by atoms with Gasteiger partial charge in [-0.25, -0.2) is 9.97 Å². The van der Waals surface area contributed by atoms with Gasteiger partial charge in [-0.2, -0.15) is 5.10 Å². The van der Waals surface area contributed by atoms with Crippen molar-refractivity contribution in [2.24, 2.45) is 0 Å². The molecule has 0 bridgehead atoms. The predicted molar refractivity (Wildman–Crippen MR) is 58.0 cm³/mol. The van der Waals surface area contributed by atoms with Crippen molar-refractivity contribution in [1.29, 1.82) is 0 Å². The first kappa shape index (κ1) is 10.3. The van der Waals surface area contributed by atoms with E-state index in [1.165, 1.54) is 0 Å². The van der Waals surface area contributed by atoms with Crippen molar-refractivity contribution in [3.05, 3.63) is 29.3 Å². The Morgan fingerprint density at radius 3 is 2.67 bits per heavy atom. The van der Waals surface area contributed by atoms with E-state index in [9.17, 15) is 0 Å². The van der Waals surface area contributed by atoms with Crippen molar-refractivity contribution in [2.75, 3.05) is 6.61 Å². The van der Waals surface area contributed by atoms with Crippen molar-refractivity contribution in [3.8, 4) is 11.4 Å². The second-order valence-corrected chi connectivity index (χ2v) is 3.86. The molecule has 78 valence electrons. The summed E-state index contributed by atoms with van der Waals surface area (Å²) >= 11 is 3.27. The predicted octanol–water partition coefficient (Wildman–Crippen LogP) is 1.09. The Morgan fingerprint density at radius 2 is 2.00 bits per heavy atom. The molecule has 0 spiro atoms. The van der Waals surface area contributed by atoms with E-state index in [-0.39, 0.29) is 6.61 Å². The standard InChI is InChI=1S/C9H9BrN4O/c10-8-4-11-9(12-5-8)7-3-13-14(6-7)1-2-15/h3-6,15H,1-2H2. The van der Waals surface area contributed by atoms with Crippen LogP contribution >= 0.6 is 15.9 Å². The number of aromatic nitrogens is 4. The Balaban J connectivity index is 2.25. The van der Waals surface area contributed by atoms with E-state index in [1.54, 1.807) is 29.5 Å². The number of rotatable bonds is 3. The van der Waals surface area contributed by atoms with Gasteiger partial charge in [-0.3, -0.25) is 4.68 Å². The third-order valence-electron chi connectivity index (χ3n) is 1.84. The number of hydrogen-bond acceptors (Lipinski definition) is 4. The lowest BCUT2D eigenvalue weighted by atomic mass is 10.3. The number of aliphatic hydroxyl groups excluding tert-OH is 1. The zero-order chi connectivity index (χ0) is 10.7. The summed E-state index contributed by atoms with van der Waals surface area (Å²) in [4.78, 5) is 8.30. The van der Waals surface area contributed by atoms with Crippen LogP contribution < -0.4 is 0 Å². The summed E-state index contributed by atoms with van der Waals surface area (Å²) < 4.78 is 2.50. The summed E-state index contributed by atoms with van der Waals surface area (Å²) in [5.74, 6) is 0.627. The van der Waals surface area contributed by atoms with Crippen LogP contribution in [0.1, 0.15) is 0 Å². The lowest BCUT2D eigenvalue weighted by Gasteiger charge is -1.95. The van der Waals surface area contributed by atoms with Gasteiger partial charge in [-0.1, -0.05) is 0 Å². The van der Waals surface area contributed by atoms with E-state index >= 15 is 0 Å². The van der Waals surface area contributed by atoms with Gasteiger partial charge in [0, 0.05) is 18.6 Å². The second kappa shape index (κ2) is 4.50. The molecule has 2 aromatic rings. The van der Waals surface area contributed by atoms with Crippen molar-refractivity contribution >= 4 is 15.9 Å². The van der Waals surface area contributed by atoms with Gasteiger partial charge in [0.05, 0.1) is 29.4 Å². The first-order chi connectivity index (χ1) is 7.29. The van der Waals surface area contributed by atoms with Gasteiger partial charge >= 0.3 is 0 Å². The highest BCUT2D eigenvalue weighted by Crippen LogP contribution is 2.14. The third-order valence-corrected chi connectivity index (χ3v) is 2.25. The molecule has 0 radical (unpaired) electrons. The molecule has 0 atom stereocenters. The Hall–Kier alpha value is -1.27. The number of hydrogen-bond donors (Lipinski definition) is 1. The molecule has 15 heavy (non-hydrogen) atoms. The van der Waals surface area contributed by atoms with Crippen LogP contribution in [0.15, 0.2) is 29.3 Å². The summed E-state index contributed by atoms with van der Waals surface area (Å²) in [5, 5.41) is 12.8. The topological polar surface area (TPSA) is 63.8 Å². The van der Waals surface area contributed by atoms with Gasteiger partial charge in [0.1, 0.15) is 0 Å². The largest absolute Gasteiger partial charge is 0.394 e. The Labute approximate surface area is 94.9 Å². The SMILES string of the molecule is OCCn1cc(-c2ncc(Br)cn2)cn1.